The van der Waals surface area contributed by atoms with Crippen LogP contribution in [0.1, 0.15) is 31.0 Å². The van der Waals surface area contributed by atoms with Crippen LogP contribution in [0.25, 0.3) is 0 Å². The van der Waals surface area contributed by atoms with Gasteiger partial charge in [-0.25, -0.2) is 9.18 Å². The number of rotatable bonds is 1. The summed E-state index contributed by atoms with van der Waals surface area (Å²) >= 11 is 6.08. The Balaban J connectivity index is 0.00000180. The number of nitrogens with one attached hydrogen (secondary N) is 1. The number of amides is 1. The number of halogens is 3. The van der Waals surface area contributed by atoms with E-state index in [4.69, 9.17) is 16.3 Å². The maximum Gasteiger partial charge on any atom is 0.407 e. The second-order valence-corrected chi connectivity index (χ2v) is 5.64. The number of alkyl carbamates (subject to hydrolysis) is 1. The Kier molecular flexibility index (Phi) is 4.69. The number of hydrogen-bond acceptors (Lipinski definition) is 2. The van der Waals surface area contributed by atoms with Gasteiger partial charge in [-0.3, -0.25) is 0 Å². The second kappa shape index (κ2) is 5.55. The molecule has 0 radical (unpaired) electrons. The molecule has 0 bridgehead atoms. The van der Waals surface area contributed by atoms with E-state index in [1.807, 2.05) is 13.8 Å². The van der Waals surface area contributed by atoms with E-state index in [0.29, 0.717) is 16.1 Å². The summed E-state index contributed by atoms with van der Waals surface area (Å²) in [4.78, 5) is 11.3. The number of carbonyl (C=O) groups excluding carboxylic acids is 1. The molecular weight excluding hydrogens is 292 g/mol. The summed E-state index contributed by atoms with van der Waals surface area (Å²) in [7, 11) is 0. The fourth-order valence-corrected chi connectivity index (χ4v) is 2.35. The van der Waals surface area contributed by atoms with E-state index in [1.165, 1.54) is 0 Å². The van der Waals surface area contributed by atoms with Crippen molar-refractivity contribution in [2.75, 3.05) is 6.61 Å². The molecule has 1 aromatic rings. The monoisotopic (exact) mass is 307 g/mol. The highest BCUT2D eigenvalue weighted by atomic mass is 35.5. The van der Waals surface area contributed by atoms with Crippen LogP contribution in [0.15, 0.2) is 12.1 Å². The third-order valence-electron chi connectivity index (χ3n) is 3.23. The Labute approximate surface area is 122 Å². The predicted molar refractivity (Wildman–Crippen MR) is 74.4 cm³/mol. The number of cyclic esters (lactones) is 1. The molecule has 0 spiro atoms. The van der Waals surface area contributed by atoms with Gasteiger partial charge in [0.25, 0.3) is 0 Å². The summed E-state index contributed by atoms with van der Waals surface area (Å²) in [6, 6.07) is 2.77. The molecule has 1 saturated heterocycles. The maximum atomic E-state index is 14.2. The van der Waals surface area contributed by atoms with Gasteiger partial charge in [0, 0.05) is 16.0 Å². The SMILES string of the molecule is Cc1ccc(Cl)c([C@H]2NC(=O)OCC2(C)C)c1F.Cl. The normalized spacial score (nSPS) is 21.1. The molecule has 2 rings (SSSR count). The molecule has 1 heterocycles. The summed E-state index contributed by atoms with van der Waals surface area (Å²) in [6.45, 7) is 5.70. The van der Waals surface area contributed by atoms with Gasteiger partial charge in [0.2, 0.25) is 0 Å². The van der Waals surface area contributed by atoms with Crippen molar-refractivity contribution in [3.05, 3.63) is 34.1 Å². The zero-order valence-electron chi connectivity index (χ0n) is 10.9. The molecule has 6 heteroatoms. The lowest BCUT2D eigenvalue weighted by Gasteiger charge is -2.39. The third kappa shape index (κ3) is 2.95. The van der Waals surface area contributed by atoms with Crippen LogP contribution in [0.3, 0.4) is 0 Å². The van der Waals surface area contributed by atoms with Crippen LogP contribution in [0.5, 0.6) is 0 Å². The van der Waals surface area contributed by atoms with Crippen molar-refractivity contribution in [1.82, 2.24) is 5.32 Å². The van der Waals surface area contributed by atoms with Crippen molar-refractivity contribution >= 4 is 30.1 Å². The van der Waals surface area contributed by atoms with Gasteiger partial charge in [0.15, 0.2) is 0 Å². The summed E-state index contributed by atoms with van der Waals surface area (Å²) in [5.74, 6) is -0.372. The molecule has 1 N–H and O–H groups in total. The van der Waals surface area contributed by atoms with Crippen LogP contribution in [-0.2, 0) is 4.74 Å². The molecule has 1 amide bonds. The third-order valence-corrected chi connectivity index (χ3v) is 3.56. The molecule has 1 atom stereocenters. The first-order chi connectivity index (χ1) is 8.33. The van der Waals surface area contributed by atoms with E-state index in [-0.39, 0.29) is 24.8 Å². The van der Waals surface area contributed by atoms with Crippen molar-refractivity contribution in [2.24, 2.45) is 5.41 Å². The van der Waals surface area contributed by atoms with E-state index in [2.05, 4.69) is 5.32 Å². The first-order valence-corrected chi connectivity index (χ1v) is 6.08. The predicted octanol–water partition coefficient (Wildman–Crippen LogP) is 4.02. The molecule has 0 saturated carbocycles. The summed E-state index contributed by atoms with van der Waals surface area (Å²) < 4.78 is 19.2. The molecular formula is C13H16Cl2FNO2. The Morgan fingerprint density at radius 2 is 2.11 bits per heavy atom. The second-order valence-electron chi connectivity index (χ2n) is 5.23. The number of hydrogen-bond donors (Lipinski definition) is 1. The van der Waals surface area contributed by atoms with Gasteiger partial charge in [0.1, 0.15) is 12.4 Å². The van der Waals surface area contributed by atoms with Crippen LogP contribution in [0.4, 0.5) is 9.18 Å². The lowest BCUT2D eigenvalue weighted by atomic mass is 9.80. The van der Waals surface area contributed by atoms with Gasteiger partial charge >= 0.3 is 6.09 Å². The minimum absolute atomic E-state index is 0. The molecule has 1 aliphatic rings. The van der Waals surface area contributed by atoms with Crippen LogP contribution < -0.4 is 5.32 Å². The van der Waals surface area contributed by atoms with Crippen molar-refractivity contribution in [2.45, 2.75) is 26.8 Å². The zero-order valence-corrected chi connectivity index (χ0v) is 12.5. The highest BCUT2D eigenvalue weighted by Crippen LogP contribution is 2.40. The maximum absolute atomic E-state index is 14.2. The molecule has 19 heavy (non-hydrogen) atoms. The molecule has 106 valence electrons. The van der Waals surface area contributed by atoms with Gasteiger partial charge in [0.05, 0.1) is 6.04 Å². The van der Waals surface area contributed by atoms with Crippen LogP contribution in [0.2, 0.25) is 5.02 Å². The fourth-order valence-electron chi connectivity index (χ4n) is 2.10. The molecule has 0 aromatic heterocycles. The lowest BCUT2D eigenvalue weighted by molar-refractivity contribution is 0.0378. The Hall–Kier alpha value is -1.00. The van der Waals surface area contributed by atoms with E-state index in [1.54, 1.807) is 19.1 Å². The zero-order chi connectivity index (χ0) is 13.5. The molecule has 0 unspecified atom stereocenters. The molecule has 3 nitrogen and oxygen atoms in total. The average Bonchev–Trinajstić information content (AvgIpc) is 2.29. The van der Waals surface area contributed by atoms with E-state index >= 15 is 0 Å². The minimum Gasteiger partial charge on any atom is -0.449 e. The number of benzene rings is 1. The fraction of sp³-hybridized carbons (Fsp3) is 0.462. The molecule has 1 aliphatic heterocycles. The van der Waals surface area contributed by atoms with Gasteiger partial charge in [-0.15, -0.1) is 12.4 Å². The van der Waals surface area contributed by atoms with Gasteiger partial charge in [-0.05, 0) is 18.6 Å². The van der Waals surface area contributed by atoms with Gasteiger partial charge in [-0.2, -0.15) is 0 Å². The number of ether oxygens (including phenoxy) is 1. The highest BCUT2D eigenvalue weighted by molar-refractivity contribution is 6.31. The van der Waals surface area contributed by atoms with E-state index in [0.717, 1.165) is 0 Å². The molecule has 1 aromatic carbocycles. The van der Waals surface area contributed by atoms with E-state index in [9.17, 15) is 9.18 Å². The van der Waals surface area contributed by atoms with Crippen molar-refractivity contribution < 1.29 is 13.9 Å². The Bertz CT molecular complexity index is 506. The largest absolute Gasteiger partial charge is 0.449 e. The van der Waals surface area contributed by atoms with Crippen LogP contribution in [-0.4, -0.2) is 12.7 Å². The smallest absolute Gasteiger partial charge is 0.407 e. The Morgan fingerprint density at radius 3 is 2.74 bits per heavy atom. The van der Waals surface area contributed by atoms with Crippen LogP contribution >= 0.6 is 24.0 Å². The molecule has 1 fully saturated rings. The van der Waals surface area contributed by atoms with Crippen molar-refractivity contribution in [3.8, 4) is 0 Å². The van der Waals surface area contributed by atoms with E-state index < -0.39 is 17.6 Å². The standard InChI is InChI=1S/C13H15ClFNO2.ClH/c1-7-4-5-8(14)9(10(7)15)11-13(2,3)6-18-12(17)16-11;/h4-5,11H,6H2,1-3H3,(H,16,17);1H/t11-;/m1./s1. The average molecular weight is 308 g/mol. The lowest BCUT2D eigenvalue weighted by Crippen LogP contribution is -2.47. The van der Waals surface area contributed by atoms with Gasteiger partial charge < -0.3 is 10.1 Å². The summed E-state index contributed by atoms with van der Waals surface area (Å²) in [6.07, 6.45) is -0.545. The molecule has 0 aliphatic carbocycles. The summed E-state index contributed by atoms with van der Waals surface area (Å²) in [5.41, 5.74) is 0.413. The number of carbonyl (C=O) groups is 1. The quantitative estimate of drug-likeness (QED) is 0.851. The van der Waals surface area contributed by atoms with Crippen LogP contribution in [0, 0.1) is 18.2 Å². The van der Waals surface area contributed by atoms with Crippen molar-refractivity contribution in [1.29, 1.82) is 0 Å². The highest BCUT2D eigenvalue weighted by Gasteiger charge is 2.40. The number of aryl methyl sites for hydroxylation is 1. The first-order valence-electron chi connectivity index (χ1n) is 5.71. The van der Waals surface area contributed by atoms with Crippen molar-refractivity contribution in [3.63, 3.8) is 0 Å². The Morgan fingerprint density at radius 1 is 1.47 bits per heavy atom. The minimum atomic E-state index is -0.545. The van der Waals surface area contributed by atoms with Gasteiger partial charge in [-0.1, -0.05) is 31.5 Å². The topological polar surface area (TPSA) is 38.3 Å². The summed E-state index contributed by atoms with van der Waals surface area (Å²) in [5, 5.41) is 2.96. The first kappa shape index (κ1) is 16.1.